The van der Waals surface area contributed by atoms with Gasteiger partial charge in [0.25, 0.3) is 0 Å². The van der Waals surface area contributed by atoms with Gasteiger partial charge < -0.3 is 19.1 Å². The molecule has 0 unspecified atom stereocenters. The number of fused-ring (bicyclic) bond motifs is 1. The number of carbonyl (C=O) groups excluding carboxylic acids is 3. The first-order valence-electron chi connectivity index (χ1n) is 8.88. The van der Waals surface area contributed by atoms with Crippen LogP contribution in [0.1, 0.15) is 21.3 Å². The molecule has 158 valence electrons. The molecular weight excluding hydrogens is 412 g/mol. The summed E-state index contributed by atoms with van der Waals surface area (Å²) in [6.07, 6.45) is -0.802. The largest absolute Gasteiger partial charge is 0.464 e. The number of methoxy groups -OCH3 is 3. The van der Waals surface area contributed by atoms with Crippen LogP contribution < -0.4 is 0 Å². The van der Waals surface area contributed by atoms with E-state index in [-0.39, 0.29) is 18.8 Å². The third-order valence-corrected chi connectivity index (χ3v) is 5.20. The number of ether oxygens (including phenoxy) is 3. The minimum absolute atomic E-state index is 0.0195. The number of rotatable bonds is 6. The maximum Gasteiger partial charge on any atom is 0.419 e. The average molecular weight is 432 g/mol. The minimum Gasteiger partial charge on any atom is -0.464 e. The van der Waals surface area contributed by atoms with Gasteiger partial charge in [0, 0.05) is 18.3 Å². The lowest BCUT2D eigenvalue weighted by atomic mass is 10.3. The minimum atomic E-state index is -0.605. The number of carbonyl (C=O) groups is 3. The number of para-hydroxylation sites is 2. The lowest BCUT2D eigenvalue weighted by molar-refractivity contribution is 0.0594. The predicted molar refractivity (Wildman–Crippen MR) is 108 cm³/mol. The van der Waals surface area contributed by atoms with Crippen LogP contribution in [0.4, 0.5) is 9.59 Å². The number of thiazole rings is 1. The summed E-state index contributed by atoms with van der Waals surface area (Å²) in [7, 11) is 3.84. The van der Waals surface area contributed by atoms with Gasteiger partial charge in [-0.05, 0) is 12.1 Å². The molecule has 0 fully saturated rings. The zero-order valence-electron chi connectivity index (χ0n) is 16.7. The van der Waals surface area contributed by atoms with Crippen molar-refractivity contribution in [3.63, 3.8) is 0 Å². The smallest absolute Gasteiger partial charge is 0.419 e. The van der Waals surface area contributed by atoms with Crippen molar-refractivity contribution in [1.29, 1.82) is 0 Å². The predicted octanol–water partition coefficient (Wildman–Crippen LogP) is 2.71. The van der Waals surface area contributed by atoms with Gasteiger partial charge in [-0.25, -0.2) is 28.9 Å². The molecule has 11 heteroatoms. The number of amides is 1. The summed E-state index contributed by atoms with van der Waals surface area (Å²) < 4.78 is 15.7. The Balaban J connectivity index is 1.83. The van der Waals surface area contributed by atoms with Crippen molar-refractivity contribution in [3.8, 4) is 0 Å². The lowest BCUT2D eigenvalue weighted by Gasteiger charge is -2.20. The monoisotopic (exact) mass is 432 g/mol. The number of aromatic nitrogens is 3. The van der Waals surface area contributed by atoms with Crippen LogP contribution in [0.3, 0.4) is 0 Å². The number of hydrogen-bond acceptors (Lipinski definition) is 9. The van der Waals surface area contributed by atoms with Crippen LogP contribution in [0.5, 0.6) is 0 Å². The highest BCUT2D eigenvalue weighted by atomic mass is 32.1. The van der Waals surface area contributed by atoms with Gasteiger partial charge in [-0.2, -0.15) is 0 Å². The summed E-state index contributed by atoms with van der Waals surface area (Å²) in [5, 5.41) is 2.26. The van der Waals surface area contributed by atoms with E-state index in [1.165, 1.54) is 42.1 Å². The van der Waals surface area contributed by atoms with E-state index in [1.54, 1.807) is 29.6 Å². The first-order chi connectivity index (χ1) is 14.5. The van der Waals surface area contributed by atoms with E-state index in [2.05, 4.69) is 14.7 Å². The zero-order chi connectivity index (χ0) is 21.7. The molecule has 2 aromatic heterocycles. The molecule has 30 heavy (non-hydrogen) atoms. The maximum atomic E-state index is 12.3. The summed E-state index contributed by atoms with van der Waals surface area (Å²) in [6.45, 7) is 0.261. The summed E-state index contributed by atoms with van der Waals surface area (Å²) in [4.78, 5) is 46.3. The van der Waals surface area contributed by atoms with Gasteiger partial charge >= 0.3 is 18.2 Å². The quantitative estimate of drug-likeness (QED) is 0.432. The Hall–Kier alpha value is -3.47. The molecule has 0 aliphatic carbocycles. The Kier molecular flexibility index (Phi) is 6.62. The summed E-state index contributed by atoms with van der Waals surface area (Å²) in [5.74, 6) is -0.183. The number of benzene rings is 1. The molecule has 3 aromatic rings. The molecule has 0 N–H and O–H groups in total. The Labute approximate surface area is 176 Å². The molecule has 0 spiro atoms. The Morgan fingerprint density at radius 1 is 1.07 bits per heavy atom. The summed E-state index contributed by atoms with van der Waals surface area (Å²) in [6, 6.07) is 7.10. The highest BCUT2D eigenvalue weighted by Crippen LogP contribution is 2.19. The average Bonchev–Trinajstić information content (AvgIpc) is 3.39. The van der Waals surface area contributed by atoms with E-state index < -0.39 is 18.2 Å². The normalized spacial score (nSPS) is 10.6. The first-order valence-corrected chi connectivity index (χ1v) is 9.76. The van der Waals surface area contributed by atoms with Crippen LogP contribution >= 0.6 is 11.3 Å². The van der Waals surface area contributed by atoms with Gasteiger partial charge in [0.2, 0.25) is 0 Å². The maximum absolute atomic E-state index is 12.3. The molecule has 0 radical (unpaired) electrons. The lowest BCUT2D eigenvalue weighted by Crippen LogP contribution is -2.34. The molecule has 1 aromatic carbocycles. The summed E-state index contributed by atoms with van der Waals surface area (Å²) >= 11 is 1.29. The molecule has 2 heterocycles. The number of hydrogen-bond donors (Lipinski definition) is 0. The molecule has 1 amide bonds. The Morgan fingerprint density at radius 2 is 1.83 bits per heavy atom. The summed E-state index contributed by atoms with van der Waals surface area (Å²) in [5.41, 5.74) is 1.40. The molecule has 3 rings (SSSR count). The molecule has 0 bridgehead atoms. The van der Waals surface area contributed by atoms with E-state index in [4.69, 9.17) is 9.47 Å². The van der Waals surface area contributed by atoms with Crippen molar-refractivity contribution >= 4 is 40.5 Å². The molecule has 0 aliphatic rings. The first kappa shape index (κ1) is 21.2. The van der Waals surface area contributed by atoms with Crippen molar-refractivity contribution in [1.82, 2.24) is 19.4 Å². The molecule has 10 nitrogen and oxygen atoms in total. The van der Waals surface area contributed by atoms with E-state index in [0.717, 1.165) is 0 Å². The van der Waals surface area contributed by atoms with E-state index >= 15 is 0 Å². The Morgan fingerprint density at radius 3 is 2.53 bits per heavy atom. The highest BCUT2D eigenvalue weighted by Gasteiger charge is 2.23. The second-order valence-corrected chi connectivity index (χ2v) is 7.02. The third kappa shape index (κ3) is 4.40. The topological polar surface area (TPSA) is 113 Å². The van der Waals surface area contributed by atoms with Crippen LogP contribution in [0.15, 0.2) is 29.6 Å². The van der Waals surface area contributed by atoms with Crippen LogP contribution in [-0.2, 0) is 27.2 Å². The molecule has 0 saturated carbocycles. The number of nitrogens with zero attached hydrogens (tertiary/aromatic N) is 4. The highest BCUT2D eigenvalue weighted by molar-refractivity contribution is 7.09. The second-order valence-electron chi connectivity index (χ2n) is 6.08. The van der Waals surface area contributed by atoms with Gasteiger partial charge in [0.15, 0.2) is 5.69 Å². The zero-order valence-corrected chi connectivity index (χ0v) is 17.5. The number of esters is 1. The fourth-order valence-corrected chi connectivity index (χ4v) is 3.62. The van der Waals surface area contributed by atoms with E-state index in [0.29, 0.717) is 28.3 Å². The standard InChI is InChI=1S/C19H20N4O6S/c1-27-17(24)13-11-30-16(21-13)8-9-22(18(25)28-2)10-15-20-12-6-4-5-7-14(12)23(15)19(26)29-3/h4-7,11H,8-10H2,1-3H3. The van der Waals surface area contributed by atoms with Crippen molar-refractivity contribution in [2.45, 2.75) is 13.0 Å². The molecule has 0 saturated heterocycles. The van der Waals surface area contributed by atoms with Crippen molar-refractivity contribution in [2.24, 2.45) is 0 Å². The third-order valence-electron chi connectivity index (χ3n) is 4.29. The van der Waals surface area contributed by atoms with Gasteiger partial charge in [-0.15, -0.1) is 11.3 Å². The van der Waals surface area contributed by atoms with Gasteiger partial charge in [-0.3, -0.25) is 0 Å². The van der Waals surface area contributed by atoms with Crippen LogP contribution in [0.2, 0.25) is 0 Å². The van der Waals surface area contributed by atoms with Crippen molar-refractivity contribution in [2.75, 3.05) is 27.9 Å². The molecular formula is C19H20N4O6S. The van der Waals surface area contributed by atoms with Crippen molar-refractivity contribution in [3.05, 3.63) is 46.2 Å². The van der Waals surface area contributed by atoms with Crippen LogP contribution in [0.25, 0.3) is 11.0 Å². The van der Waals surface area contributed by atoms with E-state index in [9.17, 15) is 14.4 Å². The van der Waals surface area contributed by atoms with Gasteiger partial charge in [0.05, 0.1) is 43.9 Å². The molecule has 0 atom stereocenters. The second kappa shape index (κ2) is 9.35. The van der Waals surface area contributed by atoms with E-state index in [1.807, 2.05) is 0 Å². The fourth-order valence-electron chi connectivity index (χ4n) is 2.87. The van der Waals surface area contributed by atoms with Gasteiger partial charge in [0.1, 0.15) is 5.82 Å². The van der Waals surface area contributed by atoms with Gasteiger partial charge in [-0.1, -0.05) is 12.1 Å². The van der Waals surface area contributed by atoms with Crippen molar-refractivity contribution < 1.29 is 28.6 Å². The Bertz CT molecular complexity index is 1080. The molecule has 0 aliphatic heterocycles. The van der Waals surface area contributed by atoms with Crippen LogP contribution in [-0.4, -0.2) is 65.5 Å². The SMILES string of the molecule is COC(=O)c1csc(CCN(Cc2nc3ccccc3n2C(=O)OC)C(=O)OC)n1. The fraction of sp³-hybridized carbons (Fsp3) is 0.316. The number of imidazole rings is 1. The van der Waals surface area contributed by atoms with Crippen LogP contribution in [0, 0.1) is 0 Å².